The quantitative estimate of drug-likeness (QED) is 0.457. The van der Waals surface area contributed by atoms with Gasteiger partial charge in [-0.05, 0) is 43.6 Å². The first-order chi connectivity index (χ1) is 10.7. The molecule has 0 saturated carbocycles. The molecule has 3 N–H and O–H groups in total. The first-order valence-electron chi connectivity index (χ1n) is 7.73. The lowest BCUT2D eigenvalue weighted by molar-refractivity contribution is 0.203. The van der Waals surface area contributed by atoms with Crippen LogP contribution >= 0.6 is 11.6 Å². The highest BCUT2D eigenvalue weighted by Crippen LogP contribution is 2.27. The number of nitrogens with zero attached hydrogens (tertiary/aromatic N) is 2. The molecule has 1 fully saturated rings. The van der Waals surface area contributed by atoms with Gasteiger partial charge in [-0.25, -0.2) is 0 Å². The molecule has 2 rings (SSSR count). The Kier molecular flexibility index (Phi) is 6.96. The lowest BCUT2D eigenvalue weighted by Gasteiger charge is -2.26. The monoisotopic (exact) mass is 324 g/mol. The van der Waals surface area contributed by atoms with E-state index < -0.39 is 0 Å². The Bertz CT molecular complexity index is 489. The van der Waals surface area contributed by atoms with E-state index in [1.165, 1.54) is 18.4 Å². The zero-order chi connectivity index (χ0) is 15.8. The van der Waals surface area contributed by atoms with Crippen molar-refractivity contribution >= 4 is 17.6 Å². The maximum Gasteiger partial charge on any atom is 0.188 e. The molecule has 6 heteroatoms. The Morgan fingerprint density at radius 2 is 2.23 bits per heavy atom. The molecular formula is C16H25ClN4O. The molecule has 0 aromatic heterocycles. The van der Waals surface area contributed by atoms with Crippen LogP contribution in [0.2, 0.25) is 5.02 Å². The maximum absolute atomic E-state index is 6.14. The molecule has 0 bridgehead atoms. The van der Waals surface area contributed by atoms with Crippen LogP contribution in [0.15, 0.2) is 29.3 Å². The second-order valence-corrected chi connectivity index (χ2v) is 5.90. The standard InChI is InChI=1S/C16H25ClN4O/c1-22-10-7-19-16(18)20-12-15(21-8-2-3-9-21)13-5-4-6-14(17)11-13/h4-6,11,15H,2-3,7-10,12H2,1H3,(H3,18,19,20). The third-order valence-electron chi connectivity index (χ3n) is 3.86. The van der Waals surface area contributed by atoms with Crippen molar-refractivity contribution in [2.45, 2.75) is 18.9 Å². The van der Waals surface area contributed by atoms with E-state index in [1.807, 2.05) is 18.2 Å². The number of rotatable bonds is 7. The van der Waals surface area contributed by atoms with Crippen molar-refractivity contribution in [3.63, 3.8) is 0 Å². The maximum atomic E-state index is 6.14. The minimum absolute atomic E-state index is 0.226. The summed E-state index contributed by atoms with van der Waals surface area (Å²) in [6.07, 6.45) is 2.48. The Hall–Kier alpha value is -1.30. The topological polar surface area (TPSA) is 62.9 Å². The van der Waals surface area contributed by atoms with Gasteiger partial charge < -0.3 is 15.8 Å². The van der Waals surface area contributed by atoms with Crippen LogP contribution in [0.4, 0.5) is 0 Å². The second-order valence-electron chi connectivity index (χ2n) is 5.46. The fourth-order valence-electron chi connectivity index (χ4n) is 2.72. The number of aliphatic imine (C=N–C) groups is 1. The molecule has 1 heterocycles. The van der Waals surface area contributed by atoms with Gasteiger partial charge in [0.2, 0.25) is 0 Å². The number of hydrogen-bond acceptors (Lipinski definition) is 3. The summed E-state index contributed by atoms with van der Waals surface area (Å²) in [5.41, 5.74) is 7.11. The Labute approximate surface area is 137 Å². The average molecular weight is 325 g/mol. The van der Waals surface area contributed by atoms with E-state index in [4.69, 9.17) is 22.1 Å². The molecule has 0 aliphatic carbocycles. The summed E-state index contributed by atoms with van der Waals surface area (Å²) in [4.78, 5) is 6.95. The van der Waals surface area contributed by atoms with E-state index in [1.54, 1.807) is 7.11 Å². The zero-order valence-corrected chi connectivity index (χ0v) is 13.9. The van der Waals surface area contributed by atoms with Gasteiger partial charge >= 0.3 is 0 Å². The van der Waals surface area contributed by atoms with Crippen LogP contribution in [0, 0.1) is 0 Å². The fraction of sp³-hybridized carbons (Fsp3) is 0.562. The van der Waals surface area contributed by atoms with Gasteiger partial charge in [-0.2, -0.15) is 0 Å². The molecule has 0 amide bonds. The van der Waals surface area contributed by atoms with Crippen molar-refractivity contribution < 1.29 is 4.74 Å². The Morgan fingerprint density at radius 3 is 2.91 bits per heavy atom. The number of nitrogens with one attached hydrogen (secondary N) is 1. The summed E-state index contributed by atoms with van der Waals surface area (Å²) in [5.74, 6) is 0.461. The third kappa shape index (κ3) is 5.16. The highest BCUT2D eigenvalue weighted by Gasteiger charge is 2.23. The lowest BCUT2D eigenvalue weighted by atomic mass is 10.1. The number of benzene rings is 1. The Morgan fingerprint density at radius 1 is 1.45 bits per heavy atom. The van der Waals surface area contributed by atoms with Crippen molar-refractivity contribution in [3.8, 4) is 0 Å². The summed E-state index contributed by atoms with van der Waals surface area (Å²) >= 11 is 6.14. The second kappa shape index (κ2) is 8.98. The number of ether oxygens (including phenoxy) is 1. The van der Waals surface area contributed by atoms with Crippen LogP contribution in [0.25, 0.3) is 0 Å². The predicted octanol–water partition coefficient (Wildman–Crippen LogP) is 2.03. The minimum atomic E-state index is 0.226. The van der Waals surface area contributed by atoms with Gasteiger partial charge in [-0.15, -0.1) is 0 Å². The van der Waals surface area contributed by atoms with Crippen LogP contribution in [-0.2, 0) is 4.74 Å². The largest absolute Gasteiger partial charge is 0.383 e. The minimum Gasteiger partial charge on any atom is -0.383 e. The normalized spacial score (nSPS) is 17.6. The van der Waals surface area contributed by atoms with Crippen LogP contribution in [-0.4, -0.2) is 50.8 Å². The molecule has 0 spiro atoms. The number of methoxy groups -OCH3 is 1. The molecule has 1 aromatic rings. The van der Waals surface area contributed by atoms with E-state index in [-0.39, 0.29) is 6.04 Å². The summed E-state index contributed by atoms with van der Waals surface area (Å²) in [5, 5.41) is 3.81. The predicted molar refractivity (Wildman–Crippen MR) is 91.4 cm³/mol. The lowest BCUT2D eigenvalue weighted by Crippen LogP contribution is -2.35. The zero-order valence-electron chi connectivity index (χ0n) is 13.1. The number of guanidine groups is 1. The molecule has 1 aromatic carbocycles. The summed E-state index contributed by atoms with van der Waals surface area (Å²) in [6, 6.07) is 8.25. The summed E-state index contributed by atoms with van der Waals surface area (Å²) in [7, 11) is 1.66. The van der Waals surface area contributed by atoms with E-state index in [0.717, 1.165) is 18.1 Å². The Balaban J connectivity index is 2.03. The molecule has 1 saturated heterocycles. The van der Waals surface area contributed by atoms with Gasteiger partial charge in [0.25, 0.3) is 0 Å². The van der Waals surface area contributed by atoms with E-state index in [0.29, 0.717) is 25.7 Å². The summed E-state index contributed by atoms with van der Waals surface area (Å²) < 4.78 is 4.99. The highest BCUT2D eigenvalue weighted by molar-refractivity contribution is 6.30. The first kappa shape index (κ1) is 17.1. The van der Waals surface area contributed by atoms with Gasteiger partial charge in [0.1, 0.15) is 0 Å². The van der Waals surface area contributed by atoms with Gasteiger partial charge in [-0.1, -0.05) is 23.7 Å². The van der Waals surface area contributed by atoms with Crippen LogP contribution < -0.4 is 11.1 Å². The van der Waals surface area contributed by atoms with Crippen LogP contribution in [0.5, 0.6) is 0 Å². The molecule has 1 aliphatic rings. The average Bonchev–Trinajstić information content (AvgIpc) is 3.02. The van der Waals surface area contributed by atoms with Crippen molar-refractivity contribution in [2.75, 3.05) is 39.9 Å². The molecule has 1 unspecified atom stereocenters. The van der Waals surface area contributed by atoms with E-state index >= 15 is 0 Å². The van der Waals surface area contributed by atoms with Crippen molar-refractivity contribution in [1.82, 2.24) is 10.2 Å². The highest BCUT2D eigenvalue weighted by atomic mass is 35.5. The van der Waals surface area contributed by atoms with Crippen LogP contribution in [0.3, 0.4) is 0 Å². The number of hydrogen-bond donors (Lipinski definition) is 2. The van der Waals surface area contributed by atoms with Crippen molar-refractivity contribution in [1.29, 1.82) is 0 Å². The van der Waals surface area contributed by atoms with Crippen molar-refractivity contribution in [2.24, 2.45) is 10.7 Å². The van der Waals surface area contributed by atoms with Gasteiger partial charge in [0.15, 0.2) is 5.96 Å². The fourth-order valence-corrected chi connectivity index (χ4v) is 2.92. The van der Waals surface area contributed by atoms with Crippen molar-refractivity contribution in [3.05, 3.63) is 34.9 Å². The number of likely N-dealkylation sites (tertiary alicyclic amines) is 1. The molecule has 0 radical (unpaired) electrons. The SMILES string of the molecule is COCCNC(N)=NCC(c1cccc(Cl)c1)N1CCCC1. The molecular weight excluding hydrogens is 300 g/mol. The van der Waals surface area contributed by atoms with E-state index in [2.05, 4.69) is 21.3 Å². The molecule has 5 nitrogen and oxygen atoms in total. The summed E-state index contributed by atoms with van der Waals surface area (Å²) in [6.45, 7) is 4.11. The number of halogens is 1. The third-order valence-corrected chi connectivity index (χ3v) is 4.10. The van der Waals surface area contributed by atoms with Crippen LogP contribution in [0.1, 0.15) is 24.4 Å². The first-order valence-corrected chi connectivity index (χ1v) is 8.10. The molecule has 1 aliphatic heterocycles. The molecule has 122 valence electrons. The van der Waals surface area contributed by atoms with Gasteiger partial charge in [0, 0.05) is 18.7 Å². The molecule has 22 heavy (non-hydrogen) atoms. The number of nitrogens with two attached hydrogens (primary N) is 1. The van der Waals surface area contributed by atoms with E-state index in [9.17, 15) is 0 Å². The van der Waals surface area contributed by atoms with Gasteiger partial charge in [0.05, 0.1) is 19.2 Å². The van der Waals surface area contributed by atoms with Gasteiger partial charge in [-0.3, -0.25) is 9.89 Å². The molecule has 1 atom stereocenters. The smallest absolute Gasteiger partial charge is 0.188 e.